The summed E-state index contributed by atoms with van der Waals surface area (Å²) in [5, 5.41) is 11.6. The van der Waals surface area contributed by atoms with Crippen LogP contribution in [0.15, 0.2) is 24.3 Å². The minimum absolute atomic E-state index is 0.00997. The molecule has 0 spiro atoms. The monoisotopic (exact) mass is 250 g/mol. The molecule has 0 unspecified atom stereocenters. The second kappa shape index (κ2) is 6.76. The molecule has 0 fully saturated rings. The van der Waals surface area contributed by atoms with Gasteiger partial charge in [0.05, 0.1) is 13.2 Å². The van der Waals surface area contributed by atoms with E-state index in [0.29, 0.717) is 6.54 Å². The summed E-state index contributed by atoms with van der Waals surface area (Å²) in [5.41, 5.74) is 1.78. The zero-order chi connectivity index (χ0) is 13.5. The highest BCUT2D eigenvalue weighted by atomic mass is 16.3. The Balaban J connectivity index is 2.40. The van der Waals surface area contributed by atoms with E-state index in [-0.39, 0.29) is 25.0 Å². The third kappa shape index (κ3) is 4.55. The van der Waals surface area contributed by atoms with Crippen LogP contribution < -0.4 is 5.32 Å². The minimum Gasteiger partial charge on any atom is -0.392 e. The Morgan fingerprint density at radius 1 is 1.22 bits per heavy atom. The predicted octanol–water partition coefficient (Wildman–Crippen LogP) is 0.273. The fourth-order valence-electron chi connectivity index (χ4n) is 1.35. The van der Waals surface area contributed by atoms with Crippen LogP contribution >= 0.6 is 0 Å². The zero-order valence-corrected chi connectivity index (χ0v) is 10.6. The Bertz CT molecular complexity index is 415. The summed E-state index contributed by atoms with van der Waals surface area (Å²) in [7, 11) is 1.58. The molecule has 18 heavy (non-hydrogen) atoms. The van der Waals surface area contributed by atoms with Crippen molar-refractivity contribution in [1.29, 1.82) is 0 Å². The quantitative estimate of drug-likeness (QED) is 0.788. The first-order valence-corrected chi connectivity index (χ1v) is 5.70. The Morgan fingerprint density at radius 2 is 1.78 bits per heavy atom. The van der Waals surface area contributed by atoms with E-state index in [1.165, 1.54) is 11.8 Å². The summed E-state index contributed by atoms with van der Waals surface area (Å²) >= 11 is 0. The molecule has 5 heteroatoms. The highest BCUT2D eigenvalue weighted by Gasteiger charge is 2.08. The first-order valence-electron chi connectivity index (χ1n) is 5.70. The van der Waals surface area contributed by atoms with E-state index in [1.807, 2.05) is 24.3 Å². The van der Waals surface area contributed by atoms with Gasteiger partial charge >= 0.3 is 0 Å². The van der Waals surface area contributed by atoms with Gasteiger partial charge in [0.2, 0.25) is 11.8 Å². The number of nitrogens with zero attached hydrogens (tertiary/aromatic N) is 1. The first kappa shape index (κ1) is 14.2. The number of benzene rings is 1. The van der Waals surface area contributed by atoms with Crippen LogP contribution in [0.25, 0.3) is 0 Å². The highest BCUT2D eigenvalue weighted by Crippen LogP contribution is 2.03. The van der Waals surface area contributed by atoms with Gasteiger partial charge < -0.3 is 15.3 Å². The van der Waals surface area contributed by atoms with Gasteiger partial charge in [-0.25, -0.2) is 0 Å². The lowest BCUT2D eigenvalue weighted by atomic mass is 10.1. The van der Waals surface area contributed by atoms with Crippen molar-refractivity contribution in [3.8, 4) is 0 Å². The number of rotatable bonds is 5. The molecule has 0 radical (unpaired) electrons. The van der Waals surface area contributed by atoms with Gasteiger partial charge in [-0.1, -0.05) is 24.3 Å². The van der Waals surface area contributed by atoms with Crippen molar-refractivity contribution < 1.29 is 14.7 Å². The molecule has 1 rings (SSSR count). The van der Waals surface area contributed by atoms with Crippen LogP contribution in [0.2, 0.25) is 0 Å². The van der Waals surface area contributed by atoms with Gasteiger partial charge in [0, 0.05) is 20.5 Å². The maximum absolute atomic E-state index is 11.5. The van der Waals surface area contributed by atoms with Gasteiger partial charge in [0.1, 0.15) is 0 Å². The molecule has 1 aromatic rings. The van der Waals surface area contributed by atoms with Crippen LogP contribution in [0.1, 0.15) is 18.1 Å². The molecule has 2 N–H and O–H groups in total. The van der Waals surface area contributed by atoms with E-state index < -0.39 is 0 Å². The molecule has 0 aliphatic heterocycles. The first-order chi connectivity index (χ1) is 8.52. The Hall–Kier alpha value is -1.88. The van der Waals surface area contributed by atoms with Crippen LogP contribution in [0.5, 0.6) is 0 Å². The fraction of sp³-hybridized carbons (Fsp3) is 0.385. The number of carbonyl (C=O) groups excluding carboxylic acids is 2. The van der Waals surface area contributed by atoms with E-state index in [4.69, 9.17) is 5.11 Å². The highest BCUT2D eigenvalue weighted by molar-refractivity contribution is 5.83. The number of nitrogens with one attached hydrogen (secondary N) is 1. The number of aliphatic hydroxyl groups excluding tert-OH is 1. The number of likely N-dealkylation sites (N-methyl/N-ethyl adjacent to an activating group) is 1. The second-order valence-corrected chi connectivity index (χ2v) is 4.13. The molecule has 0 atom stereocenters. The van der Waals surface area contributed by atoms with Gasteiger partial charge in [-0.3, -0.25) is 9.59 Å². The van der Waals surface area contributed by atoms with Crippen molar-refractivity contribution >= 4 is 11.8 Å². The molecule has 1 aromatic carbocycles. The number of amides is 2. The molecule has 0 heterocycles. The zero-order valence-electron chi connectivity index (χ0n) is 10.6. The molecule has 2 amide bonds. The summed E-state index contributed by atoms with van der Waals surface area (Å²) in [6, 6.07) is 7.31. The lowest BCUT2D eigenvalue weighted by Gasteiger charge is -2.14. The molecule has 0 aliphatic carbocycles. The van der Waals surface area contributed by atoms with Gasteiger partial charge in [0.15, 0.2) is 0 Å². The Morgan fingerprint density at radius 3 is 2.28 bits per heavy atom. The largest absolute Gasteiger partial charge is 0.392 e. The van der Waals surface area contributed by atoms with Crippen molar-refractivity contribution in [2.24, 2.45) is 0 Å². The maximum atomic E-state index is 11.5. The summed E-state index contributed by atoms with van der Waals surface area (Å²) in [4.78, 5) is 23.8. The third-order valence-electron chi connectivity index (χ3n) is 2.61. The maximum Gasteiger partial charge on any atom is 0.239 e. The van der Waals surface area contributed by atoms with Gasteiger partial charge in [-0.2, -0.15) is 0 Å². The van der Waals surface area contributed by atoms with Gasteiger partial charge in [-0.05, 0) is 11.1 Å². The minimum atomic E-state index is -0.195. The summed E-state index contributed by atoms with van der Waals surface area (Å²) in [6.45, 7) is 1.90. The molecular formula is C13H18N2O3. The smallest absolute Gasteiger partial charge is 0.239 e. The Labute approximate surface area is 106 Å². The predicted molar refractivity (Wildman–Crippen MR) is 67.5 cm³/mol. The summed E-state index contributed by atoms with van der Waals surface area (Å²) in [6.07, 6.45) is 0. The van der Waals surface area contributed by atoms with E-state index >= 15 is 0 Å². The summed E-state index contributed by atoms with van der Waals surface area (Å²) in [5.74, 6) is -0.337. The van der Waals surface area contributed by atoms with E-state index in [9.17, 15) is 9.59 Å². The molecule has 5 nitrogen and oxygen atoms in total. The average Bonchev–Trinajstić information content (AvgIpc) is 2.36. The van der Waals surface area contributed by atoms with Gasteiger partial charge in [-0.15, -0.1) is 0 Å². The summed E-state index contributed by atoms with van der Waals surface area (Å²) < 4.78 is 0. The number of aliphatic hydroxyl groups is 1. The van der Waals surface area contributed by atoms with E-state index in [2.05, 4.69) is 5.32 Å². The SMILES string of the molecule is CC(=O)N(C)CC(=O)NCc1ccc(CO)cc1. The van der Waals surface area contributed by atoms with Crippen molar-refractivity contribution in [3.63, 3.8) is 0 Å². The van der Waals surface area contributed by atoms with Gasteiger partial charge in [0.25, 0.3) is 0 Å². The van der Waals surface area contributed by atoms with Crippen LogP contribution in [0.3, 0.4) is 0 Å². The Kier molecular flexibility index (Phi) is 5.32. The molecule has 98 valence electrons. The molecule has 0 saturated heterocycles. The third-order valence-corrected chi connectivity index (χ3v) is 2.61. The second-order valence-electron chi connectivity index (χ2n) is 4.13. The van der Waals surface area contributed by atoms with Crippen molar-refractivity contribution in [3.05, 3.63) is 35.4 Å². The van der Waals surface area contributed by atoms with E-state index in [1.54, 1.807) is 7.05 Å². The standard InChI is InChI=1S/C13H18N2O3/c1-10(17)15(2)8-13(18)14-7-11-3-5-12(9-16)6-4-11/h3-6,16H,7-9H2,1-2H3,(H,14,18). The molecule has 0 saturated carbocycles. The van der Waals surface area contributed by atoms with E-state index in [0.717, 1.165) is 11.1 Å². The molecular weight excluding hydrogens is 232 g/mol. The van der Waals surface area contributed by atoms with Crippen LogP contribution in [0.4, 0.5) is 0 Å². The lowest BCUT2D eigenvalue weighted by Crippen LogP contribution is -2.36. The van der Waals surface area contributed by atoms with Crippen LogP contribution in [-0.4, -0.2) is 35.4 Å². The fourth-order valence-corrected chi connectivity index (χ4v) is 1.35. The van der Waals surface area contributed by atoms with Crippen molar-refractivity contribution in [2.45, 2.75) is 20.1 Å². The molecule has 0 aromatic heterocycles. The van der Waals surface area contributed by atoms with Crippen molar-refractivity contribution in [1.82, 2.24) is 10.2 Å². The molecule has 0 bridgehead atoms. The average molecular weight is 250 g/mol. The van der Waals surface area contributed by atoms with Crippen molar-refractivity contribution in [2.75, 3.05) is 13.6 Å². The van der Waals surface area contributed by atoms with Crippen LogP contribution in [-0.2, 0) is 22.7 Å². The topological polar surface area (TPSA) is 69.6 Å². The number of hydrogen-bond acceptors (Lipinski definition) is 3. The normalized spacial score (nSPS) is 9.94. The van der Waals surface area contributed by atoms with Crippen LogP contribution in [0, 0.1) is 0 Å². The number of hydrogen-bond donors (Lipinski definition) is 2. The lowest BCUT2D eigenvalue weighted by molar-refractivity contribution is -0.133. The molecule has 0 aliphatic rings. The number of carbonyl (C=O) groups is 2.